The molecule has 1 aromatic heterocycles. The monoisotopic (exact) mass is 450 g/mol. The zero-order chi connectivity index (χ0) is 18.3. The number of hydrogen-bond acceptors (Lipinski definition) is 2. The maximum atomic E-state index is 13.4. The van der Waals surface area contributed by atoms with Gasteiger partial charge in [-0.05, 0) is 54.1 Å². The van der Waals surface area contributed by atoms with Crippen molar-refractivity contribution in [3.63, 3.8) is 0 Å². The molecule has 1 aliphatic rings. The van der Waals surface area contributed by atoms with Gasteiger partial charge in [-0.15, -0.1) is 0 Å². The van der Waals surface area contributed by atoms with Crippen LogP contribution in [0.15, 0.2) is 76.2 Å². The van der Waals surface area contributed by atoms with Crippen molar-refractivity contribution in [2.45, 2.75) is 17.5 Å². The maximum absolute atomic E-state index is 13.4. The highest BCUT2D eigenvalue weighted by molar-refractivity contribution is 9.10. The minimum atomic E-state index is -3.64. The smallest absolute Gasteiger partial charge is 0.244 e. The van der Waals surface area contributed by atoms with Crippen LogP contribution in [0.1, 0.15) is 17.3 Å². The van der Waals surface area contributed by atoms with E-state index in [1.54, 1.807) is 40.7 Å². The normalized spacial score (nSPS) is 17.8. The molecular weight excluding hydrogens is 436 g/mol. The molecule has 0 amide bonds. The van der Waals surface area contributed by atoms with E-state index in [9.17, 15) is 8.42 Å². The summed E-state index contributed by atoms with van der Waals surface area (Å²) in [5.74, 6) is 0. The van der Waals surface area contributed by atoms with Gasteiger partial charge >= 0.3 is 0 Å². The van der Waals surface area contributed by atoms with Crippen molar-refractivity contribution < 1.29 is 8.42 Å². The average molecular weight is 452 g/mol. The van der Waals surface area contributed by atoms with Crippen LogP contribution in [0.5, 0.6) is 0 Å². The first kappa shape index (κ1) is 17.8. The summed E-state index contributed by atoms with van der Waals surface area (Å²) in [7, 11) is -3.64. The highest BCUT2D eigenvalue weighted by atomic mass is 79.9. The zero-order valence-electron chi connectivity index (χ0n) is 13.7. The summed E-state index contributed by atoms with van der Waals surface area (Å²) in [4.78, 5) is 0.291. The first-order valence-corrected chi connectivity index (χ1v) is 10.8. The molecule has 26 heavy (non-hydrogen) atoms. The molecule has 1 aliphatic heterocycles. The van der Waals surface area contributed by atoms with Gasteiger partial charge in [0.25, 0.3) is 0 Å². The lowest BCUT2D eigenvalue weighted by molar-refractivity contribution is 0.298. The Labute approximate surface area is 166 Å². The van der Waals surface area contributed by atoms with E-state index in [4.69, 9.17) is 11.6 Å². The number of aromatic nitrogens is 1. The van der Waals surface area contributed by atoms with Crippen LogP contribution in [-0.4, -0.2) is 23.8 Å². The lowest BCUT2D eigenvalue weighted by atomic mass is 10.0. The number of sulfonamides is 1. The SMILES string of the molecule is O=S(=O)(c1ccc(Br)cc1)N1CCn2cccc2[C@H]1c1ccc(Cl)cc1. The number of hydrogen-bond donors (Lipinski definition) is 0. The molecule has 0 spiro atoms. The second-order valence-corrected chi connectivity index (χ2v) is 9.39. The summed E-state index contributed by atoms with van der Waals surface area (Å²) in [5.41, 5.74) is 1.86. The fourth-order valence-corrected chi connectivity index (χ4v) is 5.32. The fourth-order valence-electron chi connectivity index (χ4n) is 3.35. The predicted octanol–water partition coefficient (Wildman–Crippen LogP) is 4.70. The van der Waals surface area contributed by atoms with E-state index in [1.807, 2.05) is 30.5 Å². The van der Waals surface area contributed by atoms with Crippen molar-refractivity contribution in [2.24, 2.45) is 0 Å². The topological polar surface area (TPSA) is 42.3 Å². The van der Waals surface area contributed by atoms with Gasteiger partial charge in [0.1, 0.15) is 0 Å². The Morgan fingerprint density at radius 3 is 2.35 bits per heavy atom. The van der Waals surface area contributed by atoms with Crippen molar-refractivity contribution in [3.05, 3.63) is 87.6 Å². The number of benzene rings is 2. The van der Waals surface area contributed by atoms with Gasteiger partial charge in [-0.3, -0.25) is 0 Å². The molecule has 0 saturated carbocycles. The van der Waals surface area contributed by atoms with Crippen LogP contribution in [-0.2, 0) is 16.6 Å². The number of nitrogens with zero attached hydrogens (tertiary/aromatic N) is 2. The van der Waals surface area contributed by atoms with Crippen LogP contribution in [0.3, 0.4) is 0 Å². The van der Waals surface area contributed by atoms with E-state index in [0.717, 1.165) is 15.7 Å². The highest BCUT2D eigenvalue weighted by Gasteiger charge is 2.37. The molecule has 7 heteroatoms. The van der Waals surface area contributed by atoms with Crippen molar-refractivity contribution in [3.8, 4) is 0 Å². The summed E-state index contributed by atoms with van der Waals surface area (Å²) >= 11 is 9.38. The third-order valence-electron chi connectivity index (χ3n) is 4.60. The van der Waals surface area contributed by atoms with Crippen molar-refractivity contribution in [1.29, 1.82) is 0 Å². The Hall–Kier alpha value is -1.60. The van der Waals surface area contributed by atoms with Crippen LogP contribution < -0.4 is 0 Å². The van der Waals surface area contributed by atoms with Crippen molar-refractivity contribution >= 4 is 37.6 Å². The van der Waals surface area contributed by atoms with Gasteiger partial charge in [-0.25, -0.2) is 8.42 Å². The maximum Gasteiger partial charge on any atom is 0.244 e. The highest BCUT2D eigenvalue weighted by Crippen LogP contribution is 2.37. The van der Waals surface area contributed by atoms with Crippen molar-refractivity contribution in [1.82, 2.24) is 8.87 Å². The van der Waals surface area contributed by atoms with E-state index in [2.05, 4.69) is 20.5 Å². The van der Waals surface area contributed by atoms with Crippen LogP contribution >= 0.6 is 27.5 Å². The molecule has 0 unspecified atom stereocenters. The van der Waals surface area contributed by atoms with Gasteiger partial charge in [-0.1, -0.05) is 39.7 Å². The van der Waals surface area contributed by atoms with Gasteiger partial charge in [-0.2, -0.15) is 4.31 Å². The lowest BCUT2D eigenvalue weighted by Gasteiger charge is -2.36. The Kier molecular flexibility index (Phi) is 4.69. The second kappa shape index (κ2) is 6.85. The second-order valence-electron chi connectivity index (χ2n) is 6.15. The summed E-state index contributed by atoms with van der Waals surface area (Å²) in [6, 6.07) is 17.7. The Bertz CT molecular complexity index is 1030. The molecule has 4 rings (SSSR count). The third-order valence-corrected chi connectivity index (χ3v) is 7.26. The van der Waals surface area contributed by atoms with Gasteiger partial charge in [0, 0.05) is 34.5 Å². The van der Waals surface area contributed by atoms with Gasteiger partial charge in [0.15, 0.2) is 0 Å². The minimum absolute atomic E-state index is 0.291. The molecule has 3 aromatic rings. The molecule has 1 atom stereocenters. The van der Waals surface area contributed by atoms with Gasteiger partial charge in [0.2, 0.25) is 10.0 Å². The molecule has 0 radical (unpaired) electrons. The Balaban J connectivity index is 1.83. The van der Waals surface area contributed by atoms with E-state index in [1.165, 1.54) is 0 Å². The zero-order valence-corrected chi connectivity index (χ0v) is 16.9. The molecule has 0 saturated heterocycles. The summed E-state index contributed by atoms with van der Waals surface area (Å²) in [5, 5.41) is 0.627. The Morgan fingerprint density at radius 1 is 0.962 bits per heavy atom. The van der Waals surface area contributed by atoms with Gasteiger partial charge in [0.05, 0.1) is 10.9 Å². The molecule has 0 aliphatic carbocycles. The minimum Gasteiger partial charge on any atom is -0.348 e. The molecule has 0 bridgehead atoms. The Morgan fingerprint density at radius 2 is 1.65 bits per heavy atom. The number of rotatable bonds is 3. The quantitative estimate of drug-likeness (QED) is 0.579. The molecule has 2 heterocycles. The van der Waals surface area contributed by atoms with Crippen LogP contribution in [0.25, 0.3) is 0 Å². The molecule has 4 nitrogen and oxygen atoms in total. The van der Waals surface area contributed by atoms with Gasteiger partial charge < -0.3 is 4.57 Å². The first-order valence-electron chi connectivity index (χ1n) is 8.15. The molecule has 134 valence electrons. The largest absolute Gasteiger partial charge is 0.348 e. The molecule has 2 aromatic carbocycles. The van der Waals surface area contributed by atoms with E-state index >= 15 is 0 Å². The van der Waals surface area contributed by atoms with Crippen LogP contribution in [0.4, 0.5) is 0 Å². The molecule has 0 N–H and O–H groups in total. The molecular formula is C19H16BrClN2O2S. The standard InChI is InChI=1S/C19H16BrClN2O2S/c20-15-5-9-17(10-6-15)26(24,25)23-13-12-22-11-1-2-18(22)19(23)14-3-7-16(21)8-4-14/h1-11,19H,12-13H2/t19-/m1/s1. The molecule has 0 fully saturated rings. The van der Waals surface area contributed by atoms with E-state index in [0.29, 0.717) is 23.0 Å². The fraction of sp³-hybridized carbons (Fsp3) is 0.158. The van der Waals surface area contributed by atoms with Crippen molar-refractivity contribution in [2.75, 3.05) is 6.54 Å². The number of fused-ring (bicyclic) bond motifs is 1. The van der Waals surface area contributed by atoms with Crippen LogP contribution in [0.2, 0.25) is 5.02 Å². The predicted molar refractivity (Wildman–Crippen MR) is 106 cm³/mol. The average Bonchev–Trinajstić information content (AvgIpc) is 3.11. The summed E-state index contributed by atoms with van der Waals surface area (Å²) < 4.78 is 31.2. The van der Waals surface area contributed by atoms with E-state index in [-0.39, 0.29) is 6.04 Å². The van der Waals surface area contributed by atoms with E-state index < -0.39 is 10.0 Å². The lowest BCUT2D eigenvalue weighted by Crippen LogP contribution is -2.42. The summed E-state index contributed by atoms with van der Waals surface area (Å²) in [6.07, 6.45) is 1.99. The third kappa shape index (κ3) is 3.11. The van der Waals surface area contributed by atoms with Crippen LogP contribution in [0, 0.1) is 0 Å². The first-order chi connectivity index (χ1) is 12.5. The summed E-state index contributed by atoms with van der Waals surface area (Å²) in [6.45, 7) is 1.04. The number of halogens is 2.